The Balaban J connectivity index is 2.92. The van der Waals surface area contributed by atoms with Crippen LogP contribution in [-0.2, 0) is 23.9 Å². The number of nitrogens with one attached hydrogen (secondary N) is 1. The number of hydrogen-bond donors (Lipinski definition) is 3. The largest absolute Gasteiger partial charge is 0.481 e. The number of carboxylic acid groups (broad SMARTS) is 2. The van der Waals surface area contributed by atoms with Crippen molar-refractivity contribution < 1.29 is 43.3 Å². The minimum Gasteiger partial charge on any atom is -0.481 e. The SMILES string of the molecule is CCCC(F)OC(=O)N[C@H]1[C@@H](COC(C)=O)[C@H](C(=O)O)C[C@@H]1C(=O)O. The molecule has 0 saturated heterocycles. The highest BCUT2D eigenvalue weighted by molar-refractivity contribution is 5.78. The lowest BCUT2D eigenvalue weighted by Gasteiger charge is -2.25. The average molecular weight is 363 g/mol. The number of halogens is 1. The standard InChI is InChI=1S/C15H22FNO8/c1-3-4-11(16)25-15(23)17-12-9(14(21)22)5-8(13(19)20)10(12)6-24-7(2)18/h8-12H,3-6H2,1-2H3,(H,17,23)(H,19,20)(H,21,22)/t8-,9+,10+,11?,12-/m1/s1. The van der Waals surface area contributed by atoms with Gasteiger partial charge in [-0.3, -0.25) is 14.4 Å². The minimum atomic E-state index is -1.85. The van der Waals surface area contributed by atoms with Crippen LogP contribution in [0.2, 0.25) is 0 Å². The molecule has 0 heterocycles. The number of carboxylic acids is 2. The number of carbonyl (C=O) groups is 4. The lowest BCUT2D eigenvalue weighted by atomic mass is 9.94. The van der Waals surface area contributed by atoms with E-state index in [1.54, 1.807) is 6.92 Å². The highest BCUT2D eigenvalue weighted by Gasteiger charge is 2.51. The minimum absolute atomic E-state index is 0.0188. The van der Waals surface area contributed by atoms with Crippen LogP contribution in [0.1, 0.15) is 33.1 Å². The van der Waals surface area contributed by atoms with Gasteiger partial charge in [0.05, 0.1) is 24.5 Å². The normalized spacial score (nSPS) is 26.5. The molecule has 5 atom stereocenters. The van der Waals surface area contributed by atoms with E-state index < -0.39 is 54.2 Å². The van der Waals surface area contributed by atoms with Gasteiger partial charge >= 0.3 is 24.0 Å². The van der Waals surface area contributed by atoms with Gasteiger partial charge in [0.1, 0.15) is 0 Å². The third-order valence-corrected chi connectivity index (χ3v) is 4.07. The molecular weight excluding hydrogens is 341 g/mol. The highest BCUT2D eigenvalue weighted by Crippen LogP contribution is 2.37. The summed E-state index contributed by atoms with van der Waals surface area (Å²) in [6.07, 6.45) is -2.87. The lowest BCUT2D eigenvalue weighted by molar-refractivity contribution is -0.149. The fourth-order valence-electron chi connectivity index (χ4n) is 2.90. The Bertz CT molecular complexity index is 526. The van der Waals surface area contributed by atoms with Crippen molar-refractivity contribution in [1.82, 2.24) is 5.32 Å². The Hall–Kier alpha value is -2.39. The van der Waals surface area contributed by atoms with Crippen LogP contribution >= 0.6 is 0 Å². The zero-order chi connectivity index (χ0) is 19.1. The summed E-state index contributed by atoms with van der Waals surface area (Å²) in [5, 5.41) is 20.8. The summed E-state index contributed by atoms with van der Waals surface area (Å²) in [6, 6.07) is -1.17. The van der Waals surface area contributed by atoms with Gasteiger partial charge < -0.3 is 25.0 Å². The third-order valence-electron chi connectivity index (χ3n) is 4.07. The molecule has 1 unspecified atom stereocenters. The second-order valence-corrected chi connectivity index (χ2v) is 5.87. The Morgan fingerprint density at radius 3 is 2.28 bits per heavy atom. The fraction of sp³-hybridized carbons (Fsp3) is 0.733. The molecule has 1 aliphatic rings. The van der Waals surface area contributed by atoms with Gasteiger partial charge in [0.25, 0.3) is 0 Å². The van der Waals surface area contributed by atoms with E-state index in [0.29, 0.717) is 6.42 Å². The van der Waals surface area contributed by atoms with Gasteiger partial charge in [-0.15, -0.1) is 0 Å². The Kier molecular flexibility index (Phi) is 7.59. The van der Waals surface area contributed by atoms with Crippen molar-refractivity contribution >= 4 is 24.0 Å². The smallest absolute Gasteiger partial charge is 0.409 e. The number of alkyl carbamates (subject to hydrolysis) is 1. The van der Waals surface area contributed by atoms with Crippen LogP contribution in [0.5, 0.6) is 0 Å². The van der Waals surface area contributed by atoms with Gasteiger partial charge in [0, 0.05) is 19.3 Å². The first-order chi connectivity index (χ1) is 11.7. The first-order valence-electron chi connectivity index (χ1n) is 7.87. The van der Waals surface area contributed by atoms with Gasteiger partial charge in [-0.25, -0.2) is 9.18 Å². The molecule has 1 aliphatic carbocycles. The number of alkyl halides is 1. The van der Waals surface area contributed by atoms with E-state index in [2.05, 4.69) is 10.1 Å². The summed E-state index contributed by atoms with van der Waals surface area (Å²) >= 11 is 0. The van der Waals surface area contributed by atoms with Crippen molar-refractivity contribution in [2.24, 2.45) is 17.8 Å². The topological polar surface area (TPSA) is 139 Å². The predicted octanol–water partition coefficient (Wildman–Crippen LogP) is 1.16. The molecule has 25 heavy (non-hydrogen) atoms. The van der Waals surface area contributed by atoms with E-state index in [4.69, 9.17) is 4.74 Å². The second-order valence-electron chi connectivity index (χ2n) is 5.87. The number of hydrogen-bond acceptors (Lipinski definition) is 6. The monoisotopic (exact) mass is 363 g/mol. The average Bonchev–Trinajstić information content (AvgIpc) is 2.83. The van der Waals surface area contributed by atoms with Crippen molar-refractivity contribution in [3.63, 3.8) is 0 Å². The molecule has 1 rings (SSSR count). The van der Waals surface area contributed by atoms with Gasteiger partial charge in [-0.2, -0.15) is 0 Å². The van der Waals surface area contributed by atoms with E-state index in [1.807, 2.05) is 0 Å². The molecule has 0 aliphatic heterocycles. The van der Waals surface area contributed by atoms with E-state index in [-0.39, 0.29) is 19.4 Å². The summed E-state index contributed by atoms with van der Waals surface area (Å²) in [5.41, 5.74) is 0. The van der Waals surface area contributed by atoms with Crippen LogP contribution in [0.25, 0.3) is 0 Å². The Labute approximate surface area is 143 Å². The molecule has 0 aromatic carbocycles. The first-order valence-corrected chi connectivity index (χ1v) is 7.87. The molecular formula is C15H22FNO8. The van der Waals surface area contributed by atoms with Gasteiger partial charge in [-0.1, -0.05) is 6.92 Å². The molecule has 0 aromatic heterocycles. The van der Waals surface area contributed by atoms with Crippen molar-refractivity contribution in [3.05, 3.63) is 0 Å². The zero-order valence-corrected chi connectivity index (χ0v) is 13.9. The number of aliphatic carboxylic acids is 2. The Morgan fingerprint density at radius 2 is 1.80 bits per heavy atom. The van der Waals surface area contributed by atoms with E-state index in [9.17, 15) is 33.8 Å². The number of esters is 1. The molecule has 0 aromatic rings. The first kappa shape index (κ1) is 20.7. The maximum absolute atomic E-state index is 13.4. The predicted molar refractivity (Wildman–Crippen MR) is 80.2 cm³/mol. The molecule has 1 fully saturated rings. The molecule has 10 heteroatoms. The molecule has 1 amide bonds. The molecule has 9 nitrogen and oxygen atoms in total. The van der Waals surface area contributed by atoms with Gasteiger partial charge in [-0.05, 0) is 12.8 Å². The number of carbonyl (C=O) groups excluding carboxylic acids is 2. The highest BCUT2D eigenvalue weighted by atomic mass is 19.1. The zero-order valence-electron chi connectivity index (χ0n) is 13.9. The maximum atomic E-state index is 13.4. The Morgan fingerprint density at radius 1 is 1.20 bits per heavy atom. The van der Waals surface area contributed by atoms with Crippen molar-refractivity contribution in [2.75, 3.05) is 6.61 Å². The molecule has 142 valence electrons. The quantitative estimate of drug-likeness (QED) is 0.546. The van der Waals surface area contributed by atoms with Crippen LogP contribution in [-0.4, -0.2) is 53.2 Å². The van der Waals surface area contributed by atoms with Gasteiger partial charge in [0.15, 0.2) is 0 Å². The van der Waals surface area contributed by atoms with Crippen LogP contribution in [0.4, 0.5) is 9.18 Å². The fourth-order valence-corrected chi connectivity index (χ4v) is 2.90. The van der Waals surface area contributed by atoms with Crippen molar-refractivity contribution in [2.45, 2.75) is 45.5 Å². The maximum Gasteiger partial charge on any atom is 0.409 e. The van der Waals surface area contributed by atoms with Crippen LogP contribution in [0.3, 0.4) is 0 Å². The third kappa shape index (κ3) is 5.87. The summed E-state index contributed by atoms with van der Waals surface area (Å²) in [7, 11) is 0. The molecule has 0 spiro atoms. The molecule has 3 N–H and O–H groups in total. The van der Waals surface area contributed by atoms with Crippen LogP contribution in [0, 0.1) is 17.8 Å². The summed E-state index contributed by atoms with van der Waals surface area (Å²) in [6.45, 7) is 2.43. The summed E-state index contributed by atoms with van der Waals surface area (Å²) < 4.78 is 22.7. The number of amides is 1. The molecule has 1 saturated carbocycles. The van der Waals surface area contributed by atoms with E-state index in [1.165, 1.54) is 0 Å². The van der Waals surface area contributed by atoms with E-state index >= 15 is 0 Å². The van der Waals surface area contributed by atoms with Crippen molar-refractivity contribution in [1.29, 1.82) is 0 Å². The van der Waals surface area contributed by atoms with Gasteiger partial charge in [0.2, 0.25) is 6.36 Å². The van der Waals surface area contributed by atoms with Crippen LogP contribution < -0.4 is 5.32 Å². The summed E-state index contributed by atoms with van der Waals surface area (Å²) in [4.78, 5) is 45.6. The lowest BCUT2D eigenvalue weighted by Crippen LogP contribution is -2.47. The number of ether oxygens (including phenoxy) is 2. The molecule has 0 radical (unpaired) electrons. The summed E-state index contributed by atoms with van der Waals surface area (Å²) in [5.74, 6) is -6.58. The van der Waals surface area contributed by atoms with Crippen LogP contribution in [0.15, 0.2) is 0 Å². The van der Waals surface area contributed by atoms with Crippen molar-refractivity contribution in [3.8, 4) is 0 Å². The number of rotatable bonds is 8. The molecule has 0 bridgehead atoms. The second kappa shape index (κ2) is 9.19. The van der Waals surface area contributed by atoms with E-state index in [0.717, 1.165) is 6.92 Å².